The lowest BCUT2D eigenvalue weighted by atomic mass is 9.78. The molecule has 6 heteroatoms. The fourth-order valence-electron chi connectivity index (χ4n) is 7.28. The van der Waals surface area contributed by atoms with Crippen LogP contribution in [0.5, 0.6) is 0 Å². The second-order valence-corrected chi connectivity index (χ2v) is 21.0. The number of ether oxygens (including phenoxy) is 3. The molecule has 0 amide bonds. The number of carbonyl (C=O) groups excluding carboxylic acids is 1. The molecule has 3 fully saturated rings. The molecule has 1 aromatic carbocycles. The van der Waals surface area contributed by atoms with E-state index in [0.29, 0.717) is 23.7 Å². The van der Waals surface area contributed by atoms with Gasteiger partial charge in [-0.25, -0.2) is 0 Å². The van der Waals surface area contributed by atoms with E-state index >= 15 is 0 Å². The fourth-order valence-corrected chi connectivity index (χ4v) is 8.41. The maximum absolute atomic E-state index is 10.8. The first-order valence-electron chi connectivity index (χ1n) is 17.8. The molecule has 256 valence electrons. The van der Waals surface area contributed by atoms with Crippen molar-refractivity contribution >= 4 is 14.6 Å². The molecule has 0 aliphatic carbocycles. The van der Waals surface area contributed by atoms with Gasteiger partial charge in [-0.05, 0) is 96.7 Å². The summed E-state index contributed by atoms with van der Waals surface area (Å²) in [7, 11) is -1.79. The molecule has 10 atom stereocenters. The van der Waals surface area contributed by atoms with Crippen molar-refractivity contribution in [3.63, 3.8) is 0 Å². The summed E-state index contributed by atoms with van der Waals surface area (Å²) < 4.78 is 26.7. The topological polar surface area (TPSA) is 54.0 Å². The van der Waals surface area contributed by atoms with Gasteiger partial charge in [-0.15, -0.1) is 0 Å². The Hall–Kier alpha value is -1.83. The lowest BCUT2D eigenvalue weighted by Gasteiger charge is -2.38. The zero-order valence-corrected chi connectivity index (χ0v) is 31.0. The van der Waals surface area contributed by atoms with Gasteiger partial charge >= 0.3 is 0 Å². The third-order valence-electron chi connectivity index (χ3n) is 11.5. The number of benzene rings is 1. The summed E-state index contributed by atoms with van der Waals surface area (Å²) >= 11 is 0. The predicted molar refractivity (Wildman–Crippen MR) is 191 cm³/mol. The van der Waals surface area contributed by atoms with Gasteiger partial charge in [0.15, 0.2) is 8.32 Å². The maximum Gasteiger partial charge on any atom is 0.191 e. The van der Waals surface area contributed by atoms with Crippen molar-refractivity contribution in [3.05, 3.63) is 72.4 Å². The molecule has 0 radical (unpaired) electrons. The van der Waals surface area contributed by atoms with Gasteiger partial charge in [-0.2, -0.15) is 0 Å². The van der Waals surface area contributed by atoms with Crippen molar-refractivity contribution in [2.75, 3.05) is 6.61 Å². The molecule has 0 aromatic heterocycles. The normalized spacial score (nSPS) is 33.2. The van der Waals surface area contributed by atoms with Gasteiger partial charge in [0.1, 0.15) is 6.29 Å². The van der Waals surface area contributed by atoms with Crippen LogP contribution in [0.15, 0.2) is 66.8 Å². The van der Waals surface area contributed by atoms with Crippen LogP contribution in [-0.4, -0.2) is 57.8 Å². The minimum atomic E-state index is -1.79. The predicted octanol–water partition coefficient (Wildman–Crippen LogP) is 9.29. The number of aldehydes is 1. The van der Waals surface area contributed by atoms with Crippen molar-refractivity contribution in [2.24, 2.45) is 23.7 Å². The maximum atomic E-state index is 10.8. The molecule has 0 spiro atoms. The minimum absolute atomic E-state index is 0.0152. The molecule has 3 heterocycles. The Bertz CT molecular complexity index is 1190. The number of hydrogen-bond acceptors (Lipinski definition) is 5. The minimum Gasteiger partial charge on any atom is -0.417 e. The molecule has 0 N–H and O–H groups in total. The number of hydrogen-bond donors (Lipinski definition) is 0. The molecule has 5 nitrogen and oxygen atoms in total. The first-order valence-corrected chi connectivity index (χ1v) is 20.7. The van der Waals surface area contributed by atoms with Crippen LogP contribution < -0.4 is 0 Å². The SMILES string of the molecule is C=C1CC(/C=C/C=O)OC1CC[C@H]1C[C@@H](C)C(=C)C(C[C@@H]2O[C@H](C[C@H](C)CO[Si](C)(C)C(C)(C)C)[C@H](C)[C@H]2Cc2ccccc2)O1. The summed E-state index contributed by atoms with van der Waals surface area (Å²) in [5, 5.41) is 0.210. The van der Waals surface area contributed by atoms with Gasteiger partial charge in [0.2, 0.25) is 0 Å². The van der Waals surface area contributed by atoms with E-state index in [2.05, 4.69) is 98.1 Å². The highest BCUT2D eigenvalue weighted by Gasteiger charge is 2.45. The average molecular weight is 651 g/mol. The Labute approximate surface area is 281 Å². The molecule has 0 bridgehead atoms. The van der Waals surface area contributed by atoms with Gasteiger partial charge in [-0.1, -0.05) is 91.1 Å². The summed E-state index contributed by atoms with van der Waals surface area (Å²) in [5.74, 6) is 1.69. The smallest absolute Gasteiger partial charge is 0.191 e. The van der Waals surface area contributed by atoms with E-state index in [1.165, 1.54) is 17.2 Å². The quantitative estimate of drug-likeness (QED) is 0.0870. The van der Waals surface area contributed by atoms with Gasteiger partial charge in [-0.3, -0.25) is 4.79 Å². The molecular weight excluding hydrogens is 589 g/mol. The van der Waals surface area contributed by atoms with E-state index in [9.17, 15) is 4.79 Å². The molecule has 46 heavy (non-hydrogen) atoms. The Morgan fingerprint density at radius 2 is 1.74 bits per heavy atom. The zero-order chi connectivity index (χ0) is 33.6. The summed E-state index contributed by atoms with van der Waals surface area (Å²) in [6, 6.07) is 10.9. The van der Waals surface area contributed by atoms with Gasteiger partial charge in [0.05, 0.1) is 36.6 Å². The second-order valence-electron chi connectivity index (χ2n) is 16.2. The van der Waals surface area contributed by atoms with Crippen molar-refractivity contribution in [1.29, 1.82) is 0 Å². The number of allylic oxidation sites excluding steroid dienone is 1. The average Bonchev–Trinajstić information content (AvgIpc) is 3.49. The molecule has 3 aliphatic heterocycles. The van der Waals surface area contributed by atoms with Crippen LogP contribution >= 0.6 is 0 Å². The van der Waals surface area contributed by atoms with Gasteiger partial charge < -0.3 is 18.6 Å². The lowest BCUT2D eigenvalue weighted by molar-refractivity contribution is -0.104. The highest BCUT2D eigenvalue weighted by atomic mass is 28.4. The Kier molecular flexibility index (Phi) is 12.9. The lowest BCUT2D eigenvalue weighted by Crippen LogP contribution is -2.42. The van der Waals surface area contributed by atoms with E-state index in [1.807, 2.05) is 6.08 Å². The number of rotatable bonds is 14. The first-order chi connectivity index (χ1) is 21.7. The molecule has 1 aromatic rings. The van der Waals surface area contributed by atoms with E-state index in [1.54, 1.807) is 0 Å². The van der Waals surface area contributed by atoms with Crippen LogP contribution in [0.25, 0.3) is 0 Å². The van der Waals surface area contributed by atoms with Crippen molar-refractivity contribution in [2.45, 2.75) is 141 Å². The molecule has 4 rings (SSSR count). The van der Waals surface area contributed by atoms with E-state index in [-0.39, 0.29) is 41.7 Å². The Morgan fingerprint density at radius 3 is 2.41 bits per heavy atom. The van der Waals surface area contributed by atoms with Crippen LogP contribution in [0.4, 0.5) is 0 Å². The Morgan fingerprint density at radius 1 is 1.02 bits per heavy atom. The first kappa shape index (κ1) is 37.0. The summed E-state index contributed by atoms with van der Waals surface area (Å²) in [6.07, 6.45) is 11.0. The van der Waals surface area contributed by atoms with Crippen molar-refractivity contribution < 1.29 is 23.4 Å². The van der Waals surface area contributed by atoms with Gasteiger partial charge in [0.25, 0.3) is 0 Å². The Balaban J connectivity index is 1.40. The molecule has 3 aliphatic rings. The second kappa shape index (κ2) is 16.0. The summed E-state index contributed by atoms with van der Waals surface area (Å²) in [4.78, 5) is 10.8. The fraction of sp³-hybridized carbons (Fsp3) is 0.675. The largest absolute Gasteiger partial charge is 0.417 e. The van der Waals surface area contributed by atoms with E-state index in [0.717, 1.165) is 63.4 Å². The molecule has 3 unspecified atom stereocenters. The standard InChI is InChI=1S/C40H62O5Si/c1-27(26-42-46(9,10)40(6,7)8)21-37-31(5)35(24-32-15-12-11-13-16-32)39(45-37)25-38-30(4)28(2)22-34(44-38)18-19-36-29(3)23-33(43-36)17-14-20-41/h11-17,20,27-28,31,33-39H,3-4,18-19,21-26H2,1-2,5-10H3/b17-14+/t27-,28+,31+,33?,34-,35+,36?,37+,38?,39-/m0/s1. The third kappa shape index (κ3) is 9.62. The monoisotopic (exact) mass is 650 g/mol. The van der Waals surface area contributed by atoms with Crippen molar-refractivity contribution in [1.82, 2.24) is 0 Å². The molecule has 3 saturated heterocycles. The van der Waals surface area contributed by atoms with E-state index in [4.69, 9.17) is 18.6 Å². The zero-order valence-electron chi connectivity index (χ0n) is 30.0. The number of carbonyl (C=O) groups is 1. The van der Waals surface area contributed by atoms with Crippen molar-refractivity contribution in [3.8, 4) is 0 Å². The van der Waals surface area contributed by atoms with Crippen LogP contribution in [0.1, 0.15) is 85.6 Å². The van der Waals surface area contributed by atoms with E-state index < -0.39 is 8.32 Å². The summed E-state index contributed by atoms with van der Waals surface area (Å²) in [6.45, 7) is 28.2. The van der Waals surface area contributed by atoms with Crippen LogP contribution in [0.2, 0.25) is 18.1 Å². The summed E-state index contributed by atoms with van der Waals surface area (Å²) in [5.41, 5.74) is 3.68. The van der Waals surface area contributed by atoms with Gasteiger partial charge in [0, 0.05) is 19.4 Å². The van der Waals surface area contributed by atoms with Crippen LogP contribution in [0.3, 0.4) is 0 Å². The van der Waals surface area contributed by atoms with Crippen LogP contribution in [0, 0.1) is 23.7 Å². The highest BCUT2D eigenvalue weighted by Crippen LogP contribution is 2.43. The highest BCUT2D eigenvalue weighted by molar-refractivity contribution is 6.74. The van der Waals surface area contributed by atoms with Crippen LogP contribution in [-0.2, 0) is 29.9 Å². The third-order valence-corrected chi connectivity index (χ3v) is 16.0. The molecule has 0 saturated carbocycles. The molecular formula is C40H62O5Si.